The quantitative estimate of drug-likeness (QED) is 0.631. The Bertz CT molecular complexity index is 402. The van der Waals surface area contributed by atoms with Gasteiger partial charge in [-0.2, -0.15) is 0 Å². The van der Waals surface area contributed by atoms with Crippen molar-refractivity contribution in [1.29, 1.82) is 0 Å². The van der Waals surface area contributed by atoms with E-state index < -0.39 is 11.8 Å². The molecule has 74 valence electrons. The summed E-state index contributed by atoms with van der Waals surface area (Å²) in [7, 11) is 0. The molecule has 0 aromatic heterocycles. The Morgan fingerprint density at radius 2 is 2.07 bits per heavy atom. The molecule has 2 nitrogen and oxygen atoms in total. The summed E-state index contributed by atoms with van der Waals surface area (Å²) in [6, 6.07) is 2.54. The molecule has 0 aliphatic heterocycles. The van der Waals surface area contributed by atoms with Gasteiger partial charge in [-0.1, -0.05) is 23.2 Å². The maximum absolute atomic E-state index is 13.2. The summed E-state index contributed by atoms with van der Waals surface area (Å²) in [6.07, 6.45) is 1.90. The van der Waals surface area contributed by atoms with Gasteiger partial charge in [-0.3, -0.25) is 0 Å². The van der Waals surface area contributed by atoms with Gasteiger partial charge in [-0.15, -0.1) is 0 Å². The maximum atomic E-state index is 13.2. The fourth-order valence-corrected chi connectivity index (χ4v) is 1.37. The molecule has 0 atom stereocenters. The fraction of sp³-hybridized carbons (Fsp3) is 0. The third-order valence-electron chi connectivity index (χ3n) is 1.43. The number of hydrogen-bond donors (Lipinski definition) is 1. The van der Waals surface area contributed by atoms with E-state index in [1.807, 2.05) is 0 Å². The molecule has 0 saturated heterocycles. The largest absolute Gasteiger partial charge is 0.478 e. The van der Waals surface area contributed by atoms with Gasteiger partial charge < -0.3 is 5.11 Å². The van der Waals surface area contributed by atoms with Crippen LogP contribution in [-0.4, -0.2) is 11.1 Å². The highest BCUT2D eigenvalue weighted by molar-refractivity contribution is 6.34. The summed E-state index contributed by atoms with van der Waals surface area (Å²) >= 11 is 11.1. The van der Waals surface area contributed by atoms with Crippen LogP contribution in [0.4, 0.5) is 4.39 Å². The lowest BCUT2D eigenvalue weighted by Crippen LogP contribution is -1.88. The molecule has 0 saturated carbocycles. The van der Waals surface area contributed by atoms with E-state index in [1.54, 1.807) is 0 Å². The van der Waals surface area contributed by atoms with Gasteiger partial charge in [0, 0.05) is 16.7 Å². The van der Waals surface area contributed by atoms with Crippen LogP contribution in [0.3, 0.4) is 0 Å². The first-order valence-electron chi connectivity index (χ1n) is 3.56. The number of carboxylic acid groups (broad SMARTS) is 1. The van der Waals surface area contributed by atoms with E-state index in [2.05, 4.69) is 0 Å². The van der Waals surface area contributed by atoms with Gasteiger partial charge in [0.1, 0.15) is 5.82 Å². The second-order valence-corrected chi connectivity index (χ2v) is 3.31. The molecule has 0 aliphatic carbocycles. The van der Waals surface area contributed by atoms with Gasteiger partial charge in [0.15, 0.2) is 0 Å². The second-order valence-electron chi connectivity index (χ2n) is 2.46. The van der Waals surface area contributed by atoms with Gasteiger partial charge in [0.2, 0.25) is 0 Å². The Balaban J connectivity index is 3.14. The van der Waals surface area contributed by atoms with Crippen LogP contribution < -0.4 is 0 Å². The molecule has 0 unspecified atom stereocenters. The van der Waals surface area contributed by atoms with E-state index in [9.17, 15) is 9.18 Å². The number of halogens is 3. The molecular formula is C9H5Cl2FO2. The third kappa shape index (κ3) is 2.72. The minimum absolute atomic E-state index is 0.0462. The van der Waals surface area contributed by atoms with Crippen LogP contribution in [0.2, 0.25) is 10.0 Å². The number of hydrogen-bond acceptors (Lipinski definition) is 1. The molecule has 1 aromatic rings. The van der Waals surface area contributed by atoms with Gasteiger partial charge in [-0.25, -0.2) is 9.18 Å². The highest BCUT2D eigenvalue weighted by Gasteiger charge is 2.06. The Hall–Kier alpha value is -1.06. The van der Waals surface area contributed by atoms with Crippen molar-refractivity contribution in [2.45, 2.75) is 0 Å². The minimum Gasteiger partial charge on any atom is -0.478 e. The summed E-state index contributed by atoms with van der Waals surface area (Å²) in [5.41, 5.74) is 0.0462. The van der Waals surface area contributed by atoms with Gasteiger partial charge in [0.05, 0.1) is 5.02 Å². The van der Waals surface area contributed by atoms with Crippen molar-refractivity contribution < 1.29 is 14.3 Å². The first kappa shape index (κ1) is 11.0. The van der Waals surface area contributed by atoms with E-state index in [0.717, 1.165) is 12.2 Å². The van der Waals surface area contributed by atoms with Crippen molar-refractivity contribution in [1.82, 2.24) is 0 Å². The van der Waals surface area contributed by atoms with Crippen LogP contribution in [0.15, 0.2) is 18.2 Å². The van der Waals surface area contributed by atoms with Crippen molar-refractivity contribution in [3.63, 3.8) is 0 Å². The minimum atomic E-state index is -1.17. The first-order valence-corrected chi connectivity index (χ1v) is 4.32. The SMILES string of the molecule is O=C(O)C=Cc1cc(Cl)cc(Cl)c1F. The molecule has 1 N–H and O–H groups in total. The molecule has 5 heteroatoms. The zero-order chi connectivity index (χ0) is 10.7. The molecular weight excluding hydrogens is 230 g/mol. The van der Waals surface area contributed by atoms with Gasteiger partial charge in [0.25, 0.3) is 0 Å². The second kappa shape index (κ2) is 4.44. The van der Waals surface area contributed by atoms with Crippen molar-refractivity contribution >= 4 is 35.2 Å². The number of benzene rings is 1. The summed E-state index contributed by atoms with van der Waals surface area (Å²) in [5, 5.41) is 8.44. The summed E-state index contributed by atoms with van der Waals surface area (Å²) in [4.78, 5) is 10.2. The molecule has 0 amide bonds. The molecule has 1 aromatic carbocycles. The van der Waals surface area contributed by atoms with Crippen molar-refractivity contribution in [2.24, 2.45) is 0 Å². The average molecular weight is 235 g/mol. The smallest absolute Gasteiger partial charge is 0.328 e. The van der Waals surface area contributed by atoms with E-state index in [4.69, 9.17) is 28.3 Å². The molecule has 0 aliphatic rings. The van der Waals surface area contributed by atoms with Crippen LogP contribution in [0, 0.1) is 5.82 Å². The van der Waals surface area contributed by atoms with Gasteiger partial charge >= 0.3 is 5.97 Å². The average Bonchev–Trinajstić information content (AvgIpc) is 2.08. The predicted octanol–water partition coefficient (Wildman–Crippen LogP) is 3.23. The van der Waals surface area contributed by atoms with E-state index in [-0.39, 0.29) is 15.6 Å². The fourth-order valence-electron chi connectivity index (χ4n) is 0.858. The third-order valence-corrected chi connectivity index (χ3v) is 1.92. The van der Waals surface area contributed by atoms with Crippen LogP contribution >= 0.6 is 23.2 Å². The lowest BCUT2D eigenvalue weighted by Gasteiger charge is -1.99. The van der Waals surface area contributed by atoms with Crippen molar-refractivity contribution in [3.8, 4) is 0 Å². The molecule has 14 heavy (non-hydrogen) atoms. The van der Waals surface area contributed by atoms with E-state index >= 15 is 0 Å². The highest BCUT2D eigenvalue weighted by atomic mass is 35.5. The zero-order valence-electron chi connectivity index (χ0n) is 6.80. The van der Waals surface area contributed by atoms with Crippen LogP contribution in [0.5, 0.6) is 0 Å². The summed E-state index contributed by atoms with van der Waals surface area (Å²) in [5.74, 6) is -1.85. The van der Waals surface area contributed by atoms with Crippen LogP contribution in [0.25, 0.3) is 6.08 Å². The van der Waals surface area contributed by atoms with E-state index in [1.165, 1.54) is 12.1 Å². The molecule has 1 rings (SSSR count). The van der Waals surface area contributed by atoms with Crippen molar-refractivity contribution in [2.75, 3.05) is 0 Å². The predicted molar refractivity (Wildman–Crippen MR) is 53.1 cm³/mol. The highest BCUT2D eigenvalue weighted by Crippen LogP contribution is 2.24. The van der Waals surface area contributed by atoms with Crippen LogP contribution in [-0.2, 0) is 4.79 Å². The topological polar surface area (TPSA) is 37.3 Å². The van der Waals surface area contributed by atoms with Crippen molar-refractivity contribution in [3.05, 3.63) is 39.6 Å². The number of rotatable bonds is 2. The van der Waals surface area contributed by atoms with E-state index in [0.29, 0.717) is 0 Å². The molecule has 0 radical (unpaired) electrons. The monoisotopic (exact) mass is 234 g/mol. The number of carboxylic acids is 1. The Kier molecular flexibility index (Phi) is 3.49. The Morgan fingerprint density at radius 1 is 1.43 bits per heavy atom. The standard InChI is InChI=1S/C9H5Cl2FO2/c10-6-3-5(1-2-8(13)14)9(12)7(11)4-6/h1-4H,(H,13,14). The van der Waals surface area contributed by atoms with Crippen LogP contribution in [0.1, 0.15) is 5.56 Å². The molecule has 0 fully saturated rings. The number of carbonyl (C=O) groups is 1. The lowest BCUT2D eigenvalue weighted by atomic mass is 10.2. The Labute approximate surface area is 89.6 Å². The molecule has 0 heterocycles. The zero-order valence-corrected chi connectivity index (χ0v) is 8.31. The lowest BCUT2D eigenvalue weighted by molar-refractivity contribution is -0.131. The first-order chi connectivity index (χ1) is 6.50. The Morgan fingerprint density at radius 3 is 2.64 bits per heavy atom. The number of aliphatic carboxylic acids is 1. The van der Waals surface area contributed by atoms with Gasteiger partial charge in [-0.05, 0) is 18.2 Å². The maximum Gasteiger partial charge on any atom is 0.328 e. The summed E-state index contributed by atoms with van der Waals surface area (Å²) in [6.45, 7) is 0. The summed E-state index contributed by atoms with van der Waals surface area (Å²) < 4.78 is 13.2. The normalized spacial score (nSPS) is 10.8. The molecule has 0 spiro atoms. The molecule has 0 bridgehead atoms.